The maximum Gasteiger partial charge on any atom is 0.223 e. The predicted molar refractivity (Wildman–Crippen MR) is 104 cm³/mol. The molecule has 28 heavy (non-hydrogen) atoms. The van der Waals surface area contributed by atoms with E-state index in [2.05, 4.69) is 14.9 Å². The van der Waals surface area contributed by atoms with E-state index in [9.17, 15) is 0 Å². The fourth-order valence-corrected chi connectivity index (χ4v) is 2.56. The zero-order valence-corrected chi connectivity index (χ0v) is 16.6. The van der Waals surface area contributed by atoms with Crippen LogP contribution in [-0.4, -0.2) is 35.4 Å². The van der Waals surface area contributed by atoms with E-state index in [1.54, 1.807) is 0 Å². The summed E-state index contributed by atoms with van der Waals surface area (Å²) in [5.41, 5.74) is 2.56. The number of hydrogen-bond donors (Lipinski definition) is 0. The summed E-state index contributed by atoms with van der Waals surface area (Å²) >= 11 is 0. The number of rotatable bonds is 5. The Morgan fingerprint density at radius 3 is 2.57 bits per heavy atom. The van der Waals surface area contributed by atoms with Gasteiger partial charge in [-0.3, -0.25) is 0 Å². The van der Waals surface area contributed by atoms with E-state index in [0.717, 1.165) is 28.1 Å². The first-order valence-corrected chi connectivity index (χ1v) is 9.38. The van der Waals surface area contributed by atoms with Crippen molar-refractivity contribution in [3.05, 3.63) is 48.0 Å². The second-order valence-corrected chi connectivity index (χ2v) is 6.93. The van der Waals surface area contributed by atoms with Crippen molar-refractivity contribution < 1.29 is 23.6 Å². The highest BCUT2D eigenvalue weighted by atomic mass is 16.7. The van der Waals surface area contributed by atoms with E-state index in [-0.39, 0.29) is 18.5 Å². The predicted octanol–water partition coefficient (Wildman–Crippen LogP) is 4.36. The van der Waals surface area contributed by atoms with Gasteiger partial charge in [0, 0.05) is 11.6 Å². The minimum absolute atomic E-state index is 0.164. The molecule has 0 aliphatic carbocycles. The molecule has 1 aromatic heterocycles. The van der Waals surface area contributed by atoms with Gasteiger partial charge in [-0.05, 0) is 56.2 Å². The second kappa shape index (κ2) is 9.52. The van der Waals surface area contributed by atoms with Crippen LogP contribution in [0.5, 0.6) is 11.5 Å². The first-order valence-electron chi connectivity index (χ1n) is 9.38. The van der Waals surface area contributed by atoms with Crippen molar-refractivity contribution >= 4 is 11.0 Å². The maximum absolute atomic E-state index is 5.64. The molecule has 3 aromatic rings. The summed E-state index contributed by atoms with van der Waals surface area (Å²) in [6.45, 7) is 9.03. The van der Waals surface area contributed by atoms with Crippen LogP contribution in [0.2, 0.25) is 0 Å². The Hall–Kier alpha value is -2.64. The number of hydrogen-bond acceptors (Lipinski definition) is 7. The molecule has 2 heterocycles. The Kier molecular flexibility index (Phi) is 6.84. The third-order valence-corrected chi connectivity index (χ3v) is 3.82. The standard InChI is InChI=1S/C12H16O3.C9H10N2O2/c1-9(2)13-8-12-14-7-10-5-3-4-6-11(10)15-12;1-6(2)12-7-3-4-8-9(5-7)11-13-10-8/h3-6,9,12H,7-8H2,1-2H3;3-6H,1-2H3. The average molecular weight is 386 g/mol. The third kappa shape index (κ3) is 5.68. The lowest BCUT2D eigenvalue weighted by atomic mass is 10.2. The normalized spacial score (nSPS) is 15.7. The number of benzene rings is 2. The molecule has 1 aliphatic heterocycles. The van der Waals surface area contributed by atoms with Crippen LogP contribution in [0.15, 0.2) is 47.1 Å². The van der Waals surface area contributed by atoms with Gasteiger partial charge in [0.15, 0.2) is 0 Å². The average Bonchev–Trinajstić information content (AvgIpc) is 3.14. The fourth-order valence-electron chi connectivity index (χ4n) is 2.56. The molecule has 1 atom stereocenters. The molecule has 1 aliphatic rings. The highest BCUT2D eigenvalue weighted by molar-refractivity contribution is 5.74. The highest BCUT2D eigenvalue weighted by Crippen LogP contribution is 2.25. The summed E-state index contributed by atoms with van der Waals surface area (Å²) in [5.74, 6) is 1.69. The van der Waals surface area contributed by atoms with E-state index < -0.39 is 0 Å². The zero-order valence-electron chi connectivity index (χ0n) is 16.6. The van der Waals surface area contributed by atoms with Crippen LogP contribution >= 0.6 is 0 Å². The summed E-state index contributed by atoms with van der Waals surface area (Å²) in [6.07, 6.45) is 0.0916. The van der Waals surface area contributed by atoms with E-state index in [1.165, 1.54) is 0 Å². The second-order valence-electron chi connectivity index (χ2n) is 6.93. The molecule has 0 fully saturated rings. The molecule has 1 unspecified atom stereocenters. The van der Waals surface area contributed by atoms with Crippen molar-refractivity contribution in [3.8, 4) is 11.5 Å². The zero-order chi connectivity index (χ0) is 19.9. The van der Waals surface area contributed by atoms with E-state index in [1.807, 2.05) is 70.2 Å². The van der Waals surface area contributed by atoms with Crippen molar-refractivity contribution in [2.45, 2.75) is 52.8 Å². The van der Waals surface area contributed by atoms with Gasteiger partial charge >= 0.3 is 0 Å². The molecule has 0 saturated heterocycles. The van der Waals surface area contributed by atoms with Gasteiger partial charge in [-0.1, -0.05) is 18.2 Å². The summed E-state index contributed by atoms with van der Waals surface area (Å²) in [4.78, 5) is 0. The van der Waals surface area contributed by atoms with Gasteiger partial charge in [0.1, 0.15) is 29.1 Å². The number of ether oxygens (including phenoxy) is 4. The SMILES string of the molecule is CC(C)OCC1OCc2ccccc2O1.CC(C)Oc1ccc2nonc2c1. The summed E-state index contributed by atoms with van der Waals surface area (Å²) in [5, 5.41) is 7.42. The highest BCUT2D eigenvalue weighted by Gasteiger charge is 2.19. The number of fused-ring (bicyclic) bond motifs is 2. The van der Waals surface area contributed by atoms with E-state index >= 15 is 0 Å². The Balaban J connectivity index is 0.000000162. The van der Waals surface area contributed by atoms with Crippen LogP contribution in [0, 0.1) is 0 Å². The first kappa shape index (κ1) is 20.1. The lowest BCUT2D eigenvalue weighted by molar-refractivity contribution is -0.150. The lowest BCUT2D eigenvalue weighted by Crippen LogP contribution is -2.31. The van der Waals surface area contributed by atoms with Gasteiger partial charge in [0.25, 0.3) is 0 Å². The van der Waals surface area contributed by atoms with Gasteiger partial charge in [-0.15, -0.1) is 0 Å². The molecule has 0 bridgehead atoms. The minimum Gasteiger partial charge on any atom is -0.491 e. The smallest absolute Gasteiger partial charge is 0.223 e. The largest absolute Gasteiger partial charge is 0.491 e. The molecule has 0 N–H and O–H groups in total. The van der Waals surface area contributed by atoms with Gasteiger partial charge < -0.3 is 18.9 Å². The molecule has 150 valence electrons. The Bertz CT molecular complexity index is 878. The van der Waals surface area contributed by atoms with E-state index in [0.29, 0.717) is 13.2 Å². The fraction of sp³-hybridized carbons (Fsp3) is 0.429. The minimum atomic E-state index is -0.276. The summed E-state index contributed by atoms with van der Waals surface area (Å²) in [6, 6.07) is 13.4. The van der Waals surface area contributed by atoms with E-state index in [4.69, 9.17) is 18.9 Å². The molecule has 7 heteroatoms. The van der Waals surface area contributed by atoms with Crippen LogP contribution in [0.4, 0.5) is 0 Å². The monoisotopic (exact) mass is 386 g/mol. The molecular formula is C21H26N2O5. The van der Waals surface area contributed by atoms with Crippen molar-refractivity contribution in [2.24, 2.45) is 0 Å². The Morgan fingerprint density at radius 1 is 1.00 bits per heavy atom. The molecule has 0 saturated carbocycles. The van der Waals surface area contributed by atoms with Crippen LogP contribution in [0.1, 0.15) is 33.3 Å². The molecular weight excluding hydrogens is 360 g/mol. The van der Waals surface area contributed by atoms with Crippen molar-refractivity contribution in [1.82, 2.24) is 10.3 Å². The molecule has 0 radical (unpaired) electrons. The number of nitrogens with zero attached hydrogens (tertiary/aromatic N) is 2. The molecule has 7 nitrogen and oxygen atoms in total. The molecule has 2 aromatic carbocycles. The molecule has 4 rings (SSSR count). The maximum atomic E-state index is 5.64. The van der Waals surface area contributed by atoms with Gasteiger partial charge in [0.05, 0.1) is 18.8 Å². The third-order valence-electron chi connectivity index (χ3n) is 3.82. The summed E-state index contributed by atoms with van der Waals surface area (Å²) in [7, 11) is 0. The molecule has 0 spiro atoms. The Labute approximate surface area is 164 Å². The van der Waals surface area contributed by atoms with Crippen LogP contribution < -0.4 is 9.47 Å². The topological polar surface area (TPSA) is 75.8 Å². The summed E-state index contributed by atoms with van der Waals surface area (Å²) < 4.78 is 26.6. The number of aromatic nitrogens is 2. The van der Waals surface area contributed by atoms with Crippen molar-refractivity contribution in [3.63, 3.8) is 0 Å². The van der Waals surface area contributed by atoms with Crippen molar-refractivity contribution in [1.29, 1.82) is 0 Å². The van der Waals surface area contributed by atoms with Crippen molar-refractivity contribution in [2.75, 3.05) is 6.61 Å². The first-order chi connectivity index (χ1) is 13.5. The quantitative estimate of drug-likeness (QED) is 0.645. The number of para-hydroxylation sites is 1. The van der Waals surface area contributed by atoms with Gasteiger partial charge in [-0.25, -0.2) is 4.63 Å². The van der Waals surface area contributed by atoms with Gasteiger partial charge in [-0.2, -0.15) is 0 Å². The van der Waals surface area contributed by atoms with Crippen LogP contribution in [0.3, 0.4) is 0 Å². The lowest BCUT2D eigenvalue weighted by Gasteiger charge is -2.26. The molecule has 0 amide bonds. The van der Waals surface area contributed by atoms with Gasteiger partial charge in [0.2, 0.25) is 6.29 Å². The van der Waals surface area contributed by atoms with Crippen LogP contribution in [0.25, 0.3) is 11.0 Å². The Morgan fingerprint density at radius 2 is 1.79 bits per heavy atom. The van der Waals surface area contributed by atoms with Crippen LogP contribution in [-0.2, 0) is 16.1 Å².